The molecule has 0 bridgehead atoms. The first-order chi connectivity index (χ1) is 16.2. The van der Waals surface area contributed by atoms with Crippen molar-refractivity contribution in [1.82, 2.24) is 15.2 Å². The third-order valence-corrected chi connectivity index (χ3v) is 6.95. The molecular formula is C25H25F4N3O2. The molecule has 0 spiro atoms. The minimum Gasteiger partial charge on any atom is -0.390 e. The summed E-state index contributed by atoms with van der Waals surface area (Å²) in [6.07, 6.45) is 0.395. The van der Waals surface area contributed by atoms with Gasteiger partial charge in [0.1, 0.15) is 18.2 Å². The molecule has 2 aliphatic heterocycles. The van der Waals surface area contributed by atoms with Gasteiger partial charge >= 0.3 is 0 Å². The number of benzene rings is 2. The summed E-state index contributed by atoms with van der Waals surface area (Å²) < 4.78 is 59.7. The van der Waals surface area contributed by atoms with E-state index in [-0.39, 0.29) is 17.3 Å². The number of halogens is 4. The molecule has 34 heavy (non-hydrogen) atoms. The number of aromatic amines is 1. The van der Waals surface area contributed by atoms with Crippen molar-refractivity contribution in [2.45, 2.75) is 31.4 Å². The highest BCUT2D eigenvalue weighted by molar-refractivity contribution is 5.98. The van der Waals surface area contributed by atoms with Gasteiger partial charge < -0.3 is 15.4 Å². The van der Waals surface area contributed by atoms with Crippen LogP contribution in [-0.2, 0) is 6.42 Å². The van der Waals surface area contributed by atoms with E-state index in [1.54, 1.807) is 6.92 Å². The standard InChI is InChI=1S/C25H25F4N3O2/c1-13-6-17-16-4-2-3-5-20(16)31-22(17)23(32(13)11-25(28,29)12-33)21-18(26)7-14(8-19(21)27)24(34)15-9-30-10-15/h2-5,7-8,13,15,23,30-31,33H,6,9-12H2,1H3/t13-,23-/m1/s1. The van der Waals surface area contributed by atoms with E-state index in [2.05, 4.69) is 10.3 Å². The second-order valence-corrected chi connectivity index (χ2v) is 9.28. The molecule has 180 valence electrons. The predicted molar refractivity (Wildman–Crippen MR) is 119 cm³/mol. The van der Waals surface area contributed by atoms with Gasteiger partial charge in [0.05, 0.1) is 12.6 Å². The molecule has 0 amide bonds. The molecule has 2 aliphatic rings. The van der Waals surface area contributed by atoms with Gasteiger partial charge in [-0.1, -0.05) is 18.2 Å². The fourth-order valence-electron chi connectivity index (χ4n) is 5.08. The fourth-order valence-corrected chi connectivity index (χ4v) is 5.08. The molecule has 3 heterocycles. The summed E-state index contributed by atoms with van der Waals surface area (Å²) in [6, 6.07) is 7.70. The molecule has 1 aromatic heterocycles. The molecule has 9 heteroatoms. The largest absolute Gasteiger partial charge is 0.390 e. The number of fused-ring (bicyclic) bond motifs is 3. The monoisotopic (exact) mass is 475 g/mol. The zero-order valence-corrected chi connectivity index (χ0v) is 18.5. The number of aliphatic hydroxyl groups is 1. The second-order valence-electron chi connectivity index (χ2n) is 9.28. The van der Waals surface area contributed by atoms with Gasteiger partial charge in [-0.05, 0) is 37.1 Å². The first-order valence-corrected chi connectivity index (χ1v) is 11.3. The molecular weight excluding hydrogens is 450 g/mol. The summed E-state index contributed by atoms with van der Waals surface area (Å²) in [5.41, 5.74) is 1.53. The number of nitrogens with zero attached hydrogens (tertiary/aromatic N) is 1. The Balaban J connectivity index is 1.66. The molecule has 2 aromatic carbocycles. The highest BCUT2D eigenvalue weighted by Crippen LogP contribution is 2.43. The van der Waals surface area contributed by atoms with Gasteiger partial charge in [0.25, 0.3) is 5.92 Å². The van der Waals surface area contributed by atoms with Crippen molar-refractivity contribution in [3.05, 3.63) is 70.4 Å². The smallest absolute Gasteiger partial charge is 0.283 e. The van der Waals surface area contributed by atoms with Crippen molar-refractivity contribution < 1.29 is 27.5 Å². The lowest BCUT2D eigenvalue weighted by Gasteiger charge is -2.42. The highest BCUT2D eigenvalue weighted by atomic mass is 19.3. The Morgan fingerprint density at radius 1 is 1.18 bits per heavy atom. The van der Waals surface area contributed by atoms with Crippen LogP contribution in [0.15, 0.2) is 36.4 Å². The van der Waals surface area contributed by atoms with Crippen LogP contribution in [-0.4, -0.2) is 59.0 Å². The van der Waals surface area contributed by atoms with Gasteiger partial charge in [-0.25, -0.2) is 17.6 Å². The molecule has 5 rings (SSSR count). The van der Waals surface area contributed by atoms with Crippen molar-refractivity contribution in [3.8, 4) is 0 Å². The maximum atomic E-state index is 15.5. The van der Waals surface area contributed by atoms with Crippen molar-refractivity contribution in [3.63, 3.8) is 0 Å². The van der Waals surface area contributed by atoms with Crippen LogP contribution < -0.4 is 5.32 Å². The van der Waals surface area contributed by atoms with E-state index in [1.165, 1.54) is 4.90 Å². The summed E-state index contributed by atoms with van der Waals surface area (Å²) in [5, 5.41) is 13.0. The molecule has 5 nitrogen and oxygen atoms in total. The van der Waals surface area contributed by atoms with Crippen LogP contribution in [0.25, 0.3) is 10.9 Å². The molecule has 0 radical (unpaired) electrons. The van der Waals surface area contributed by atoms with E-state index >= 15 is 8.78 Å². The van der Waals surface area contributed by atoms with Crippen molar-refractivity contribution in [1.29, 1.82) is 0 Å². The number of carbonyl (C=O) groups excluding carboxylic acids is 1. The maximum absolute atomic E-state index is 15.5. The number of hydrogen-bond acceptors (Lipinski definition) is 4. The molecule has 0 unspecified atom stereocenters. The number of nitrogens with one attached hydrogen (secondary N) is 2. The Morgan fingerprint density at radius 3 is 2.47 bits per heavy atom. The lowest BCUT2D eigenvalue weighted by molar-refractivity contribution is -0.0869. The van der Waals surface area contributed by atoms with Gasteiger partial charge in [-0.2, -0.15) is 0 Å². The van der Waals surface area contributed by atoms with Crippen LogP contribution in [0.5, 0.6) is 0 Å². The number of hydrogen-bond donors (Lipinski definition) is 3. The van der Waals surface area contributed by atoms with Crippen LogP contribution in [0.4, 0.5) is 17.6 Å². The third-order valence-electron chi connectivity index (χ3n) is 6.95. The minimum atomic E-state index is -3.46. The Morgan fingerprint density at radius 2 is 1.85 bits per heavy atom. The number of H-pyrrole nitrogens is 1. The second kappa shape index (κ2) is 8.48. The number of aliphatic hydroxyl groups excluding tert-OH is 1. The van der Waals surface area contributed by atoms with Crippen LogP contribution in [0, 0.1) is 17.6 Å². The lowest BCUT2D eigenvalue weighted by atomic mass is 9.86. The van der Waals surface area contributed by atoms with Crippen molar-refractivity contribution >= 4 is 16.7 Å². The van der Waals surface area contributed by atoms with Crippen molar-refractivity contribution in [2.24, 2.45) is 5.92 Å². The molecule has 0 aliphatic carbocycles. The maximum Gasteiger partial charge on any atom is 0.283 e. The van der Waals surface area contributed by atoms with Crippen LogP contribution >= 0.6 is 0 Å². The molecule has 3 N–H and O–H groups in total. The summed E-state index contributed by atoms with van der Waals surface area (Å²) in [6.45, 7) is 0.370. The lowest BCUT2D eigenvalue weighted by Crippen LogP contribution is -2.49. The van der Waals surface area contributed by atoms with Crippen LogP contribution in [0.1, 0.15) is 40.1 Å². The summed E-state index contributed by atoms with van der Waals surface area (Å²) in [4.78, 5) is 17.1. The van der Waals surface area contributed by atoms with Gasteiger partial charge in [0, 0.05) is 52.8 Å². The van der Waals surface area contributed by atoms with Gasteiger partial charge in [0.2, 0.25) is 0 Å². The number of alkyl halides is 2. The van der Waals surface area contributed by atoms with Gasteiger partial charge in [-0.15, -0.1) is 0 Å². The van der Waals surface area contributed by atoms with Crippen LogP contribution in [0.2, 0.25) is 0 Å². The van der Waals surface area contributed by atoms with Gasteiger partial charge in [-0.3, -0.25) is 9.69 Å². The zero-order chi connectivity index (χ0) is 24.2. The first-order valence-electron chi connectivity index (χ1n) is 11.3. The quantitative estimate of drug-likeness (QED) is 0.375. The van der Waals surface area contributed by atoms with E-state index in [9.17, 15) is 18.7 Å². The predicted octanol–water partition coefficient (Wildman–Crippen LogP) is 3.81. The topological polar surface area (TPSA) is 68.4 Å². The minimum absolute atomic E-state index is 0.0711. The Hall–Kier alpha value is -2.75. The average Bonchev–Trinajstić information content (AvgIpc) is 3.12. The molecule has 2 atom stereocenters. The van der Waals surface area contributed by atoms with E-state index in [1.807, 2.05) is 24.3 Å². The molecule has 0 saturated carbocycles. The number of aromatic nitrogens is 1. The summed E-state index contributed by atoms with van der Waals surface area (Å²) in [5.74, 6) is -6.07. The highest BCUT2D eigenvalue weighted by Gasteiger charge is 2.43. The summed E-state index contributed by atoms with van der Waals surface area (Å²) >= 11 is 0. The van der Waals surface area contributed by atoms with E-state index < -0.39 is 48.4 Å². The molecule has 1 saturated heterocycles. The van der Waals surface area contributed by atoms with Crippen LogP contribution in [0.3, 0.4) is 0 Å². The zero-order valence-electron chi connectivity index (χ0n) is 18.5. The SMILES string of the molecule is C[C@@H]1Cc2c([nH]c3ccccc23)[C@@H](c2c(F)cc(C(=O)C3CNC3)cc2F)N1CC(F)(F)CO. The summed E-state index contributed by atoms with van der Waals surface area (Å²) in [7, 11) is 0. The van der Waals surface area contributed by atoms with E-state index in [0.717, 1.165) is 28.6 Å². The third kappa shape index (κ3) is 3.81. The Labute approximate surface area is 193 Å². The van der Waals surface area contributed by atoms with Gasteiger partial charge in [0.15, 0.2) is 5.78 Å². The first kappa shape index (κ1) is 23.0. The average molecular weight is 475 g/mol. The normalized spacial score (nSPS) is 21.5. The Kier molecular flexibility index (Phi) is 5.74. The number of ketones is 1. The van der Waals surface area contributed by atoms with Crippen molar-refractivity contribution in [2.75, 3.05) is 26.2 Å². The number of para-hydroxylation sites is 1. The number of Topliss-reactive ketones (excluding diaryl/α,β-unsaturated/α-hetero) is 1. The number of carbonyl (C=O) groups is 1. The number of rotatable bonds is 6. The fraction of sp³-hybridized carbons (Fsp3) is 0.400. The molecule has 3 aromatic rings. The molecule has 1 fully saturated rings. The van der Waals surface area contributed by atoms with E-state index in [0.29, 0.717) is 25.2 Å². The van der Waals surface area contributed by atoms with E-state index in [4.69, 9.17) is 0 Å². The Bertz CT molecular complexity index is 1230.